The van der Waals surface area contributed by atoms with Gasteiger partial charge in [0, 0.05) is 63.4 Å². The van der Waals surface area contributed by atoms with Crippen molar-refractivity contribution in [3.05, 3.63) is 78.4 Å². The molecule has 5 heterocycles. The van der Waals surface area contributed by atoms with Crippen LogP contribution in [0.2, 0.25) is 0 Å². The predicted molar refractivity (Wildman–Crippen MR) is 116 cm³/mol. The van der Waals surface area contributed by atoms with E-state index in [1.807, 2.05) is 43.1 Å². The minimum absolute atomic E-state index is 0.378. The third-order valence-corrected chi connectivity index (χ3v) is 6.57. The summed E-state index contributed by atoms with van der Waals surface area (Å²) in [5.41, 5.74) is 2.59. The molecular formula is C24H30N6. The van der Waals surface area contributed by atoms with Gasteiger partial charge in [-0.1, -0.05) is 12.1 Å². The largest absolute Gasteiger partial charge is 0.334 e. The average molecular weight is 403 g/mol. The Bertz CT molecular complexity index is 917. The van der Waals surface area contributed by atoms with Crippen molar-refractivity contribution >= 4 is 0 Å². The van der Waals surface area contributed by atoms with E-state index < -0.39 is 0 Å². The van der Waals surface area contributed by atoms with Gasteiger partial charge in [-0.05, 0) is 61.5 Å². The first-order chi connectivity index (χ1) is 14.9. The molecule has 0 N–H and O–H groups in total. The number of likely N-dealkylation sites (tertiary alicyclic amines) is 1. The smallest absolute Gasteiger partial charge is 0.126 e. The fourth-order valence-electron chi connectivity index (χ4n) is 5.11. The summed E-state index contributed by atoms with van der Waals surface area (Å²) in [6, 6.07) is 8.82. The summed E-state index contributed by atoms with van der Waals surface area (Å²) in [4.78, 5) is 18.7. The zero-order valence-electron chi connectivity index (χ0n) is 17.5. The van der Waals surface area contributed by atoms with E-state index in [9.17, 15) is 0 Å². The van der Waals surface area contributed by atoms with E-state index in [2.05, 4.69) is 42.7 Å². The first-order valence-corrected chi connectivity index (χ1v) is 11.1. The first-order valence-electron chi connectivity index (χ1n) is 11.1. The fourth-order valence-corrected chi connectivity index (χ4v) is 5.11. The minimum Gasteiger partial charge on any atom is -0.334 e. The highest BCUT2D eigenvalue weighted by Crippen LogP contribution is 2.37. The quantitative estimate of drug-likeness (QED) is 0.653. The minimum atomic E-state index is 0.378. The number of aromatic nitrogens is 4. The highest BCUT2D eigenvalue weighted by Gasteiger charge is 2.35. The van der Waals surface area contributed by atoms with Crippen LogP contribution in [0.3, 0.4) is 0 Å². The van der Waals surface area contributed by atoms with Crippen molar-refractivity contribution in [3.8, 4) is 0 Å². The monoisotopic (exact) mass is 402 g/mol. The standard InChI is InChI=1S/C24H30N6/c1-4-20(16-25-8-1)18-28-13-6-22(7-14-28)23-24-27-10-15-29(24)11-3-12-30(23)19-21-5-2-9-26-17-21/h1-2,4-5,8-10,15-17,22-23H,3,6-7,11-14,18-19H2. The summed E-state index contributed by atoms with van der Waals surface area (Å²) in [5.74, 6) is 1.88. The van der Waals surface area contributed by atoms with Crippen molar-refractivity contribution in [1.29, 1.82) is 0 Å². The number of pyridine rings is 2. The zero-order chi connectivity index (χ0) is 20.2. The normalized spacial score (nSPS) is 21.3. The van der Waals surface area contributed by atoms with Crippen molar-refractivity contribution in [1.82, 2.24) is 29.3 Å². The molecule has 1 atom stereocenters. The molecule has 30 heavy (non-hydrogen) atoms. The molecule has 0 saturated carbocycles. The number of hydrogen-bond acceptors (Lipinski definition) is 5. The molecule has 0 bridgehead atoms. The van der Waals surface area contributed by atoms with Crippen molar-refractivity contribution in [2.45, 2.75) is 44.9 Å². The molecule has 5 rings (SSSR count). The number of imidazole rings is 1. The summed E-state index contributed by atoms with van der Waals surface area (Å²) in [5, 5.41) is 0. The summed E-state index contributed by atoms with van der Waals surface area (Å²) in [6.45, 7) is 6.39. The van der Waals surface area contributed by atoms with Crippen LogP contribution in [0.25, 0.3) is 0 Å². The second kappa shape index (κ2) is 9.06. The highest BCUT2D eigenvalue weighted by molar-refractivity contribution is 5.12. The highest BCUT2D eigenvalue weighted by atomic mass is 15.2. The number of aryl methyl sites for hydroxylation is 1. The Morgan fingerprint density at radius 2 is 1.57 bits per heavy atom. The molecule has 1 saturated heterocycles. The van der Waals surface area contributed by atoms with Gasteiger partial charge in [-0.2, -0.15) is 0 Å². The van der Waals surface area contributed by atoms with E-state index in [-0.39, 0.29) is 0 Å². The Balaban J connectivity index is 1.32. The molecule has 156 valence electrons. The van der Waals surface area contributed by atoms with Gasteiger partial charge in [0.2, 0.25) is 0 Å². The lowest BCUT2D eigenvalue weighted by Crippen LogP contribution is -2.41. The molecule has 6 nitrogen and oxygen atoms in total. The van der Waals surface area contributed by atoms with Crippen LogP contribution in [-0.4, -0.2) is 49.0 Å². The van der Waals surface area contributed by atoms with Gasteiger partial charge >= 0.3 is 0 Å². The molecule has 3 aromatic rings. The maximum absolute atomic E-state index is 4.84. The number of nitrogens with zero attached hydrogens (tertiary/aromatic N) is 6. The van der Waals surface area contributed by atoms with Crippen LogP contribution >= 0.6 is 0 Å². The number of piperidine rings is 1. The van der Waals surface area contributed by atoms with Gasteiger partial charge in [-0.25, -0.2) is 4.98 Å². The Morgan fingerprint density at radius 1 is 0.833 bits per heavy atom. The molecule has 1 fully saturated rings. The molecule has 1 unspecified atom stereocenters. The predicted octanol–water partition coefficient (Wildman–Crippen LogP) is 3.53. The van der Waals surface area contributed by atoms with Crippen LogP contribution in [0.4, 0.5) is 0 Å². The molecule has 0 radical (unpaired) electrons. The molecule has 6 heteroatoms. The topological polar surface area (TPSA) is 50.1 Å². The number of rotatable bonds is 5. The Labute approximate surface area is 178 Å². The van der Waals surface area contributed by atoms with Gasteiger partial charge in [0.05, 0.1) is 6.04 Å². The second-order valence-electron chi connectivity index (χ2n) is 8.58. The van der Waals surface area contributed by atoms with Gasteiger partial charge in [0.25, 0.3) is 0 Å². The van der Waals surface area contributed by atoms with E-state index in [0.29, 0.717) is 12.0 Å². The summed E-state index contributed by atoms with van der Waals surface area (Å²) in [7, 11) is 0. The van der Waals surface area contributed by atoms with E-state index >= 15 is 0 Å². The lowest BCUT2D eigenvalue weighted by atomic mass is 9.87. The van der Waals surface area contributed by atoms with E-state index in [0.717, 1.165) is 39.3 Å². The van der Waals surface area contributed by atoms with E-state index in [1.54, 1.807) is 0 Å². The molecule has 2 aliphatic heterocycles. The van der Waals surface area contributed by atoms with Crippen molar-refractivity contribution in [2.24, 2.45) is 5.92 Å². The zero-order valence-corrected chi connectivity index (χ0v) is 17.5. The Morgan fingerprint density at radius 3 is 2.27 bits per heavy atom. The van der Waals surface area contributed by atoms with Gasteiger partial charge in [0.15, 0.2) is 0 Å². The SMILES string of the molecule is c1cncc(CN2CCC(C3c4nccn4CCCN3Cc3cccnc3)CC2)c1. The van der Waals surface area contributed by atoms with Crippen molar-refractivity contribution in [3.63, 3.8) is 0 Å². The van der Waals surface area contributed by atoms with Gasteiger partial charge in [-0.3, -0.25) is 19.8 Å². The summed E-state index contributed by atoms with van der Waals surface area (Å²) in [6.07, 6.45) is 15.4. The van der Waals surface area contributed by atoms with Gasteiger partial charge in [-0.15, -0.1) is 0 Å². The van der Waals surface area contributed by atoms with Gasteiger partial charge in [0.1, 0.15) is 5.82 Å². The molecule has 0 aliphatic carbocycles. The molecule has 0 aromatic carbocycles. The maximum Gasteiger partial charge on any atom is 0.126 e. The van der Waals surface area contributed by atoms with Crippen LogP contribution < -0.4 is 0 Å². The average Bonchev–Trinajstić information content (AvgIpc) is 3.18. The van der Waals surface area contributed by atoms with Crippen molar-refractivity contribution in [2.75, 3.05) is 19.6 Å². The van der Waals surface area contributed by atoms with Gasteiger partial charge < -0.3 is 4.57 Å². The van der Waals surface area contributed by atoms with Crippen LogP contribution in [0.1, 0.15) is 42.3 Å². The number of fused-ring (bicyclic) bond motifs is 1. The number of hydrogen-bond donors (Lipinski definition) is 0. The third kappa shape index (κ3) is 4.30. The van der Waals surface area contributed by atoms with Crippen molar-refractivity contribution < 1.29 is 0 Å². The fraction of sp³-hybridized carbons (Fsp3) is 0.458. The van der Waals surface area contributed by atoms with E-state index in [4.69, 9.17) is 4.98 Å². The van der Waals surface area contributed by atoms with Crippen LogP contribution in [0.15, 0.2) is 61.4 Å². The lowest BCUT2D eigenvalue weighted by Gasteiger charge is -2.40. The third-order valence-electron chi connectivity index (χ3n) is 6.57. The summed E-state index contributed by atoms with van der Waals surface area (Å²) >= 11 is 0. The summed E-state index contributed by atoms with van der Waals surface area (Å²) < 4.78 is 2.38. The lowest BCUT2D eigenvalue weighted by molar-refractivity contribution is 0.0769. The Kier molecular flexibility index (Phi) is 5.86. The molecule has 2 aliphatic rings. The molecular weight excluding hydrogens is 372 g/mol. The second-order valence-corrected chi connectivity index (χ2v) is 8.58. The maximum atomic E-state index is 4.84. The molecule has 0 spiro atoms. The van der Waals surface area contributed by atoms with E-state index in [1.165, 1.54) is 36.2 Å². The van der Waals surface area contributed by atoms with Crippen LogP contribution in [-0.2, 0) is 19.6 Å². The molecule has 3 aromatic heterocycles. The molecule has 0 amide bonds. The first kappa shape index (κ1) is 19.4. The Hall–Kier alpha value is -2.57. The van der Waals surface area contributed by atoms with Crippen LogP contribution in [0, 0.1) is 5.92 Å². The van der Waals surface area contributed by atoms with Crippen LogP contribution in [0.5, 0.6) is 0 Å².